The van der Waals surface area contributed by atoms with Crippen molar-refractivity contribution in [1.82, 2.24) is 15.5 Å². The average molecular weight is 238 g/mol. The molecule has 0 saturated carbocycles. The molecule has 5 heteroatoms. The van der Waals surface area contributed by atoms with Crippen LogP contribution < -0.4 is 11.1 Å². The molecule has 0 saturated heterocycles. The van der Waals surface area contributed by atoms with Gasteiger partial charge in [-0.3, -0.25) is 9.89 Å². The van der Waals surface area contributed by atoms with Gasteiger partial charge in [0.2, 0.25) is 5.91 Å². The normalized spacial score (nSPS) is 11.5. The molecule has 0 bridgehead atoms. The van der Waals surface area contributed by atoms with E-state index in [-0.39, 0.29) is 5.91 Å². The Kier molecular flexibility index (Phi) is 4.69. The van der Waals surface area contributed by atoms with Crippen LogP contribution >= 0.6 is 0 Å². The van der Waals surface area contributed by atoms with Gasteiger partial charge in [-0.25, -0.2) is 0 Å². The van der Waals surface area contributed by atoms with E-state index in [4.69, 9.17) is 5.73 Å². The minimum Gasteiger partial charge on any atom is -0.356 e. The second kappa shape index (κ2) is 5.82. The number of nitrogens with zero attached hydrogens (tertiary/aromatic N) is 1. The second-order valence-corrected chi connectivity index (χ2v) is 5.14. The minimum absolute atomic E-state index is 0.0152. The molecule has 1 rings (SSSR count). The van der Waals surface area contributed by atoms with Gasteiger partial charge in [0.05, 0.1) is 6.20 Å². The highest BCUT2D eigenvalue weighted by molar-refractivity contribution is 5.76. The van der Waals surface area contributed by atoms with Crippen molar-refractivity contribution in [1.29, 1.82) is 0 Å². The first-order chi connectivity index (χ1) is 7.88. The van der Waals surface area contributed by atoms with Crippen LogP contribution in [0.1, 0.15) is 37.9 Å². The Bertz CT molecular complexity index is 365. The van der Waals surface area contributed by atoms with Crippen molar-refractivity contribution in [3.8, 4) is 0 Å². The first-order valence-corrected chi connectivity index (χ1v) is 5.93. The van der Waals surface area contributed by atoms with E-state index in [0.29, 0.717) is 13.0 Å². The highest BCUT2D eigenvalue weighted by atomic mass is 16.1. The van der Waals surface area contributed by atoms with Crippen LogP contribution in [-0.4, -0.2) is 28.2 Å². The Morgan fingerprint density at radius 1 is 1.59 bits per heavy atom. The number of aromatic amines is 1. The van der Waals surface area contributed by atoms with Gasteiger partial charge in [0.15, 0.2) is 0 Å². The zero-order valence-electron chi connectivity index (χ0n) is 10.8. The van der Waals surface area contributed by atoms with E-state index in [1.807, 2.05) is 27.0 Å². The third-order valence-corrected chi connectivity index (χ3v) is 2.50. The zero-order valence-corrected chi connectivity index (χ0v) is 10.8. The molecule has 5 nitrogen and oxygen atoms in total. The summed E-state index contributed by atoms with van der Waals surface area (Å²) in [7, 11) is 0. The molecule has 0 aromatic carbocycles. The van der Waals surface area contributed by atoms with E-state index in [1.54, 1.807) is 0 Å². The molecule has 4 N–H and O–H groups in total. The lowest BCUT2D eigenvalue weighted by Gasteiger charge is -2.17. The van der Waals surface area contributed by atoms with E-state index in [1.165, 1.54) is 5.56 Å². The van der Waals surface area contributed by atoms with Gasteiger partial charge in [0, 0.05) is 24.2 Å². The quantitative estimate of drug-likeness (QED) is 0.644. The number of rotatable bonds is 6. The molecule has 0 radical (unpaired) electrons. The molecule has 1 heterocycles. The SMILES string of the molecule is Cc1[nH]ncc1CCCNC(=O)CC(C)(C)N. The summed E-state index contributed by atoms with van der Waals surface area (Å²) < 4.78 is 0. The van der Waals surface area contributed by atoms with Crippen LogP contribution in [0.2, 0.25) is 0 Å². The van der Waals surface area contributed by atoms with E-state index < -0.39 is 5.54 Å². The van der Waals surface area contributed by atoms with E-state index >= 15 is 0 Å². The molecule has 1 aromatic rings. The summed E-state index contributed by atoms with van der Waals surface area (Å²) in [4.78, 5) is 11.5. The number of nitrogens with one attached hydrogen (secondary N) is 2. The minimum atomic E-state index is -0.439. The third kappa shape index (κ3) is 5.49. The maximum absolute atomic E-state index is 11.5. The fourth-order valence-corrected chi connectivity index (χ4v) is 1.61. The number of carbonyl (C=O) groups excluding carboxylic acids is 1. The Balaban J connectivity index is 2.17. The molecule has 96 valence electrons. The Labute approximate surface area is 102 Å². The lowest BCUT2D eigenvalue weighted by atomic mass is 10.0. The molecule has 0 aliphatic carbocycles. The third-order valence-electron chi connectivity index (χ3n) is 2.50. The molecule has 1 aromatic heterocycles. The molecule has 0 spiro atoms. The van der Waals surface area contributed by atoms with Gasteiger partial charge in [0.25, 0.3) is 0 Å². The monoisotopic (exact) mass is 238 g/mol. The van der Waals surface area contributed by atoms with Gasteiger partial charge in [-0.1, -0.05) is 0 Å². The summed E-state index contributed by atoms with van der Waals surface area (Å²) in [6.45, 7) is 6.38. The molecular formula is C12H22N4O. The fourth-order valence-electron chi connectivity index (χ4n) is 1.61. The molecular weight excluding hydrogens is 216 g/mol. The fraction of sp³-hybridized carbons (Fsp3) is 0.667. The number of aryl methyl sites for hydroxylation is 2. The molecule has 0 aliphatic heterocycles. The maximum Gasteiger partial charge on any atom is 0.221 e. The summed E-state index contributed by atoms with van der Waals surface area (Å²) in [5.41, 5.74) is 7.63. The van der Waals surface area contributed by atoms with Crippen molar-refractivity contribution in [3.63, 3.8) is 0 Å². The van der Waals surface area contributed by atoms with Gasteiger partial charge in [-0.15, -0.1) is 0 Å². The van der Waals surface area contributed by atoms with E-state index in [0.717, 1.165) is 18.5 Å². The molecule has 0 atom stereocenters. The Hall–Kier alpha value is -1.36. The smallest absolute Gasteiger partial charge is 0.221 e. The first-order valence-electron chi connectivity index (χ1n) is 5.93. The van der Waals surface area contributed by atoms with Gasteiger partial charge in [0.1, 0.15) is 0 Å². The van der Waals surface area contributed by atoms with Crippen LogP contribution in [0.25, 0.3) is 0 Å². The van der Waals surface area contributed by atoms with Gasteiger partial charge in [-0.05, 0) is 39.2 Å². The van der Waals surface area contributed by atoms with Crippen molar-refractivity contribution in [3.05, 3.63) is 17.5 Å². The number of carbonyl (C=O) groups is 1. The number of aromatic nitrogens is 2. The number of hydrogen-bond donors (Lipinski definition) is 3. The van der Waals surface area contributed by atoms with Crippen molar-refractivity contribution in [2.24, 2.45) is 5.73 Å². The summed E-state index contributed by atoms with van der Waals surface area (Å²) in [6, 6.07) is 0. The second-order valence-electron chi connectivity index (χ2n) is 5.14. The van der Waals surface area contributed by atoms with Crippen LogP contribution in [0.5, 0.6) is 0 Å². The molecule has 0 aliphatic rings. The summed E-state index contributed by atoms with van der Waals surface area (Å²) in [5, 5.41) is 9.72. The van der Waals surface area contributed by atoms with Crippen molar-refractivity contribution in [2.45, 2.75) is 45.6 Å². The molecule has 0 unspecified atom stereocenters. The topological polar surface area (TPSA) is 83.8 Å². The van der Waals surface area contributed by atoms with Crippen molar-refractivity contribution < 1.29 is 4.79 Å². The number of hydrogen-bond acceptors (Lipinski definition) is 3. The predicted molar refractivity (Wildman–Crippen MR) is 67.5 cm³/mol. The standard InChI is InChI=1S/C12H22N4O/c1-9-10(8-15-16-9)5-4-6-14-11(17)7-12(2,3)13/h8H,4-7,13H2,1-3H3,(H,14,17)(H,15,16). The summed E-state index contributed by atoms with van der Waals surface area (Å²) in [6.07, 6.45) is 4.03. The lowest BCUT2D eigenvalue weighted by Crippen LogP contribution is -2.39. The predicted octanol–water partition coefficient (Wildman–Crippen LogP) is 0.894. The highest BCUT2D eigenvalue weighted by Crippen LogP contribution is 2.05. The Morgan fingerprint density at radius 2 is 2.29 bits per heavy atom. The number of H-pyrrole nitrogens is 1. The van der Waals surface area contributed by atoms with Crippen LogP contribution in [0.3, 0.4) is 0 Å². The highest BCUT2D eigenvalue weighted by Gasteiger charge is 2.15. The zero-order chi connectivity index (χ0) is 12.9. The van der Waals surface area contributed by atoms with Crippen molar-refractivity contribution >= 4 is 5.91 Å². The average Bonchev–Trinajstić information content (AvgIpc) is 2.56. The summed E-state index contributed by atoms with van der Waals surface area (Å²) >= 11 is 0. The van der Waals surface area contributed by atoms with Crippen LogP contribution in [0, 0.1) is 6.92 Å². The van der Waals surface area contributed by atoms with E-state index in [9.17, 15) is 4.79 Å². The largest absolute Gasteiger partial charge is 0.356 e. The number of nitrogens with two attached hydrogens (primary N) is 1. The molecule has 0 fully saturated rings. The first kappa shape index (κ1) is 13.7. The van der Waals surface area contributed by atoms with Crippen LogP contribution in [-0.2, 0) is 11.2 Å². The lowest BCUT2D eigenvalue weighted by molar-refractivity contribution is -0.122. The molecule has 17 heavy (non-hydrogen) atoms. The summed E-state index contributed by atoms with van der Waals surface area (Å²) in [5.74, 6) is 0.0152. The Morgan fingerprint density at radius 3 is 2.82 bits per heavy atom. The van der Waals surface area contributed by atoms with Gasteiger partial charge in [-0.2, -0.15) is 5.10 Å². The molecule has 1 amide bonds. The van der Waals surface area contributed by atoms with Crippen LogP contribution in [0.15, 0.2) is 6.20 Å². The van der Waals surface area contributed by atoms with E-state index in [2.05, 4.69) is 15.5 Å². The number of amides is 1. The van der Waals surface area contributed by atoms with Gasteiger partial charge < -0.3 is 11.1 Å². The van der Waals surface area contributed by atoms with Crippen LogP contribution in [0.4, 0.5) is 0 Å². The van der Waals surface area contributed by atoms with Crippen molar-refractivity contribution in [2.75, 3.05) is 6.54 Å². The maximum atomic E-state index is 11.5. The van der Waals surface area contributed by atoms with Gasteiger partial charge >= 0.3 is 0 Å².